The fraction of sp³-hybridized carbons (Fsp3) is 0.625. The van der Waals surface area contributed by atoms with Gasteiger partial charge in [-0.2, -0.15) is 0 Å². The minimum atomic E-state index is -2.31. The van der Waals surface area contributed by atoms with Gasteiger partial charge in [-0.1, -0.05) is 0 Å². The van der Waals surface area contributed by atoms with Crippen molar-refractivity contribution in [3.63, 3.8) is 0 Å². The van der Waals surface area contributed by atoms with Crippen LogP contribution < -0.4 is 34.7 Å². The number of carbonyl (C=O) groups is 3. The Morgan fingerprint density at radius 3 is 1.45 bits per heavy atom. The minimum absolute atomic E-state index is 0. The Morgan fingerprint density at radius 1 is 0.900 bits per heavy atom. The summed E-state index contributed by atoms with van der Waals surface area (Å²) < 4.78 is 0. The van der Waals surface area contributed by atoms with Gasteiger partial charge in [-0.25, -0.2) is 9.59 Å². The molecule has 0 aliphatic rings. The SMILES string of the molecule is O=C(O)C(=O)O.O=C([O-])C(O)C(O)C(O)C(O)CO.[Na+]. The molecular weight excluding hydrogens is 295 g/mol. The van der Waals surface area contributed by atoms with Crippen molar-refractivity contribution in [3.8, 4) is 0 Å². The van der Waals surface area contributed by atoms with Crippen molar-refractivity contribution in [1.29, 1.82) is 0 Å². The molecule has 0 fully saturated rings. The summed E-state index contributed by atoms with van der Waals surface area (Å²) in [4.78, 5) is 28.2. The number of hydrogen-bond acceptors (Lipinski definition) is 9. The molecule has 7 N–H and O–H groups in total. The quantitative estimate of drug-likeness (QED) is 0.187. The van der Waals surface area contributed by atoms with E-state index in [1.165, 1.54) is 0 Å². The molecule has 0 aliphatic heterocycles. The topological polar surface area (TPSA) is 216 Å². The van der Waals surface area contributed by atoms with Crippen LogP contribution in [0.3, 0.4) is 0 Å². The monoisotopic (exact) mass is 308 g/mol. The van der Waals surface area contributed by atoms with E-state index in [1.54, 1.807) is 0 Å². The van der Waals surface area contributed by atoms with Gasteiger partial charge in [0.25, 0.3) is 0 Å². The number of carboxylic acids is 3. The zero-order chi connectivity index (χ0) is 15.7. The Kier molecular flexibility index (Phi) is 14.5. The van der Waals surface area contributed by atoms with Crippen molar-refractivity contribution in [1.82, 2.24) is 0 Å². The van der Waals surface area contributed by atoms with E-state index < -0.39 is 48.9 Å². The van der Waals surface area contributed by atoms with E-state index in [-0.39, 0.29) is 29.6 Å². The number of carbonyl (C=O) groups excluding carboxylic acids is 1. The van der Waals surface area contributed by atoms with Gasteiger partial charge < -0.3 is 45.6 Å². The summed E-state index contributed by atoms with van der Waals surface area (Å²) in [6, 6.07) is 0. The van der Waals surface area contributed by atoms with E-state index in [0.29, 0.717) is 0 Å². The van der Waals surface area contributed by atoms with Gasteiger partial charge in [-0.15, -0.1) is 0 Å². The van der Waals surface area contributed by atoms with Gasteiger partial charge in [0.1, 0.15) is 24.4 Å². The number of aliphatic carboxylic acids is 3. The molecule has 0 rings (SSSR count). The van der Waals surface area contributed by atoms with Crippen LogP contribution in [0.25, 0.3) is 0 Å². The van der Waals surface area contributed by atoms with Crippen LogP contribution in [0.1, 0.15) is 0 Å². The molecule has 0 aliphatic carbocycles. The molecule has 11 nitrogen and oxygen atoms in total. The molecule has 0 radical (unpaired) electrons. The molecule has 4 unspecified atom stereocenters. The second-order valence-electron chi connectivity index (χ2n) is 3.11. The summed E-state index contributed by atoms with van der Waals surface area (Å²) >= 11 is 0. The zero-order valence-electron chi connectivity index (χ0n) is 10.3. The van der Waals surface area contributed by atoms with Crippen molar-refractivity contribution in [2.75, 3.05) is 6.61 Å². The Hall–Kier alpha value is -0.790. The predicted molar refractivity (Wildman–Crippen MR) is 51.4 cm³/mol. The number of aliphatic hydroxyl groups excluding tert-OH is 5. The van der Waals surface area contributed by atoms with Crippen LogP contribution in [0.15, 0.2) is 0 Å². The third-order valence-electron chi connectivity index (χ3n) is 1.68. The van der Waals surface area contributed by atoms with Crippen LogP contribution in [-0.4, -0.2) is 84.7 Å². The molecule has 0 heterocycles. The van der Waals surface area contributed by atoms with Crippen molar-refractivity contribution in [3.05, 3.63) is 0 Å². The summed E-state index contributed by atoms with van der Waals surface area (Å²) in [6.07, 6.45) is -8.08. The smallest absolute Gasteiger partial charge is 0.547 e. The van der Waals surface area contributed by atoms with Gasteiger partial charge in [-0.05, 0) is 0 Å². The maximum Gasteiger partial charge on any atom is 1.00 e. The average Bonchev–Trinajstić information content (AvgIpc) is 2.35. The normalized spacial score (nSPS) is 15.4. The van der Waals surface area contributed by atoms with Crippen LogP contribution in [0.5, 0.6) is 0 Å². The number of rotatable bonds is 5. The van der Waals surface area contributed by atoms with Gasteiger partial charge in [0.15, 0.2) is 0 Å². The Balaban J connectivity index is -0.000000352. The molecule has 112 valence electrons. The molecule has 4 atom stereocenters. The second-order valence-corrected chi connectivity index (χ2v) is 3.11. The van der Waals surface area contributed by atoms with Gasteiger partial charge in [-0.3, -0.25) is 0 Å². The van der Waals surface area contributed by atoms with Gasteiger partial charge in [0, 0.05) is 0 Å². The minimum Gasteiger partial charge on any atom is -0.547 e. The molecule has 0 saturated carbocycles. The third kappa shape index (κ3) is 10.1. The molecule has 0 saturated heterocycles. The Morgan fingerprint density at radius 2 is 1.25 bits per heavy atom. The summed E-state index contributed by atoms with van der Waals surface area (Å²) in [5.41, 5.74) is 0. The number of carboxylic acid groups (broad SMARTS) is 3. The van der Waals surface area contributed by atoms with Crippen molar-refractivity contribution in [2.45, 2.75) is 24.4 Å². The number of aliphatic hydroxyl groups is 5. The standard InChI is InChI=1S/C6H12O7.C2H2O4.Na/c7-1-2(8)3(9)4(10)5(11)6(12)13;3-1(4)2(5)6;/h2-5,7-11H,1H2,(H,12,13);(H,3,4)(H,5,6);/q;;+1/p-1. The summed E-state index contributed by atoms with van der Waals surface area (Å²) in [5, 5.41) is 68.2. The molecule has 0 aromatic carbocycles. The van der Waals surface area contributed by atoms with E-state index in [0.717, 1.165) is 0 Å². The van der Waals surface area contributed by atoms with Gasteiger partial charge >= 0.3 is 41.5 Å². The first-order valence-electron chi connectivity index (χ1n) is 4.56. The van der Waals surface area contributed by atoms with Crippen LogP contribution in [0.4, 0.5) is 0 Å². The first-order chi connectivity index (χ1) is 8.56. The van der Waals surface area contributed by atoms with E-state index in [9.17, 15) is 9.90 Å². The fourth-order valence-corrected chi connectivity index (χ4v) is 0.662. The first-order valence-corrected chi connectivity index (χ1v) is 4.56. The second kappa shape index (κ2) is 12.0. The molecule has 20 heavy (non-hydrogen) atoms. The first kappa shape index (κ1) is 24.2. The van der Waals surface area contributed by atoms with Crippen LogP contribution in [0.2, 0.25) is 0 Å². The summed E-state index contributed by atoms with van der Waals surface area (Å²) in [6.45, 7) is -0.863. The van der Waals surface area contributed by atoms with Crippen molar-refractivity contribution >= 4 is 17.9 Å². The number of hydrogen-bond donors (Lipinski definition) is 7. The third-order valence-corrected chi connectivity index (χ3v) is 1.68. The summed E-state index contributed by atoms with van der Waals surface area (Å²) in [5.74, 6) is -5.62. The van der Waals surface area contributed by atoms with Gasteiger partial charge in [0.2, 0.25) is 0 Å². The maximum absolute atomic E-state index is 9.98. The molecule has 0 aromatic rings. The van der Waals surface area contributed by atoms with E-state index in [1.807, 2.05) is 0 Å². The van der Waals surface area contributed by atoms with Crippen molar-refractivity contribution < 1.29 is 84.8 Å². The molecule has 12 heteroatoms. The Labute approximate surface area is 134 Å². The van der Waals surface area contributed by atoms with E-state index in [2.05, 4.69) is 0 Å². The maximum atomic E-state index is 9.98. The summed E-state index contributed by atoms with van der Waals surface area (Å²) in [7, 11) is 0. The largest absolute Gasteiger partial charge is 1.00 e. The molecular formula is C8H13NaO11. The molecule has 0 amide bonds. The van der Waals surface area contributed by atoms with Crippen molar-refractivity contribution in [2.24, 2.45) is 0 Å². The fourth-order valence-electron chi connectivity index (χ4n) is 0.662. The van der Waals surface area contributed by atoms with E-state index >= 15 is 0 Å². The Bertz CT molecular complexity index is 308. The van der Waals surface area contributed by atoms with Crippen LogP contribution >= 0.6 is 0 Å². The van der Waals surface area contributed by atoms with E-state index in [4.69, 9.17) is 45.3 Å². The van der Waals surface area contributed by atoms with Crippen LogP contribution in [-0.2, 0) is 14.4 Å². The van der Waals surface area contributed by atoms with Gasteiger partial charge in [0.05, 0.1) is 12.6 Å². The molecule has 0 spiro atoms. The molecule has 0 bridgehead atoms. The predicted octanol–water partition coefficient (Wildman–Crippen LogP) is -8.67. The zero-order valence-corrected chi connectivity index (χ0v) is 12.3. The average molecular weight is 308 g/mol. The molecule has 0 aromatic heterocycles. The van der Waals surface area contributed by atoms with Crippen LogP contribution in [0, 0.1) is 0 Å².